The van der Waals surface area contributed by atoms with Crippen molar-refractivity contribution in [3.05, 3.63) is 58.6 Å². The van der Waals surface area contributed by atoms with Crippen LogP contribution in [0, 0.1) is 6.92 Å². The largest absolute Gasteiger partial charge is 0.463 e. The summed E-state index contributed by atoms with van der Waals surface area (Å²) in [6, 6.07) is 9.61. The van der Waals surface area contributed by atoms with Crippen LogP contribution in [0.2, 0.25) is 0 Å². The number of carbonyl (C=O) groups excluding carboxylic acids is 4. The highest BCUT2D eigenvalue weighted by Gasteiger charge is 2.53. The number of ether oxygens (including phenoxy) is 6. The molecule has 1 aliphatic rings. The van der Waals surface area contributed by atoms with Crippen molar-refractivity contribution in [2.24, 2.45) is 0 Å². The minimum atomic E-state index is -1.44. The van der Waals surface area contributed by atoms with Gasteiger partial charge >= 0.3 is 23.9 Å². The lowest BCUT2D eigenvalue weighted by Gasteiger charge is -2.43. The van der Waals surface area contributed by atoms with E-state index in [2.05, 4.69) is 4.98 Å². The van der Waals surface area contributed by atoms with Gasteiger partial charge in [-0.15, -0.1) is 0 Å². The quantitative estimate of drug-likeness (QED) is 0.281. The van der Waals surface area contributed by atoms with Crippen molar-refractivity contribution in [2.75, 3.05) is 6.61 Å². The van der Waals surface area contributed by atoms with Gasteiger partial charge in [-0.05, 0) is 31.2 Å². The van der Waals surface area contributed by atoms with Gasteiger partial charge in [0.15, 0.2) is 12.2 Å². The van der Waals surface area contributed by atoms with E-state index in [4.69, 9.17) is 32.8 Å². The Labute approximate surface area is 239 Å². The van der Waals surface area contributed by atoms with E-state index in [0.717, 1.165) is 20.8 Å². The maximum absolute atomic E-state index is 13.3. The first-order valence-electron chi connectivity index (χ1n) is 12.9. The molecule has 3 heterocycles. The molecule has 0 saturated carbocycles. The van der Waals surface area contributed by atoms with Gasteiger partial charge in [0.1, 0.15) is 29.8 Å². The van der Waals surface area contributed by atoms with Crippen molar-refractivity contribution in [1.29, 1.82) is 0 Å². The zero-order valence-corrected chi connectivity index (χ0v) is 23.5. The lowest BCUT2D eigenvalue weighted by Crippen LogP contribution is -2.63. The number of fused-ring (bicyclic) bond motifs is 1. The SMILES string of the molecule is CC(=O)OC[C@@H]1O[C@H](Oc2ccc3c(=O)c(-c4ccccn4)c(C)oc3c2)[C@H](OC(C)=O)[C@H](OC(C)=O)[C@H]1OC(C)=O. The van der Waals surface area contributed by atoms with Gasteiger partial charge in [-0.1, -0.05) is 6.07 Å². The molecule has 42 heavy (non-hydrogen) atoms. The molecule has 2 aromatic heterocycles. The molecule has 13 nitrogen and oxygen atoms in total. The van der Waals surface area contributed by atoms with E-state index in [0.29, 0.717) is 17.0 Å². The van der Waals surface area contributed by atoms with Crippen LogP contribution < -0.4 is 10.2 Å². The average Bonchev–Trinajstić information content (AvgIpc) is 2.90. The number of hydrogen-bond acceptors (Lipinski definition) is 13. The molecular weight excluding hydrogens is 554 g/mol. The first-order chi connectivity index (χ1) is 19.9. The van der Waals surface area contributed by atoms with Gasteiger partial charge in [0, 0.05) is 40.0 Å². The molecule has 0 N–H and O–H groups in total. The first-order valence-corrected chi connectivity index (χ1v) is 12.9. The fourth-order valence-electron chi connectivity index (χ4n) is 4.58. The van der Waals surface area contributed by atoms with Crippen LogP contribution in [0.25, 0.3) is 22.2 Å². The van der Waals surface area contributed by atoms with Crippen LogP contribution in [0.5, 0.6) is 5.75 Å². The third-order valence-electron chi connectivity index (χ3n) is 6.16. The third kappa shape index (κ3) is 6.92. The lowest BCUT2D eigenvalue weighted by molar-refractivity contribution is -0.288. The van der Waals surface area contributed by atoms with Gasteiger partial charge < -0.3 is 32.8 Å². The maximum atomic E-state index is 13.3. The maximum Gasteiger partial charge on any atom is 0.303 e. The summed E-state index contributed by atoms with van der Waals surface area (Å²) in [6.07, 6.45) is -5.18. The van der Waals surface area contributed by atoms with Crippen molar-refractivity contribution in [3.8, 4) is 17.0 Å². The Morgan fingerprint density at radius 2 is 1.52 bits per heavy atom. The number of esters is 4. The number of nitrogens with zero attached hydrogens (tertiary/aromatic N) is 1. The van der Waals surface area contributed by atoms with E-state index >= 15 is 0 Å². The smallest absolute Gasteiger partial charge is 0.303 e. The summed E-state index contributed by atoms with van der Waals surface area (Å²) < 4.78 is 39.2. The van der Waals surface area contributed by atoms with Gasteiger partial charge in [-0.2, -0.15) is 0 Å². The van der Waals surface area contributed by atoms with Crippen LogP contribution in [-0.4, -0.2) is 66.2 Å². The average molecular weight is 584 g/mol. The molecule has 1 saturated heterocycles. The molecule has 5 atom stereocenters. The van der Waals surface area contributed by atoms with Crippen LogP contribution in [0.1, 0.15) is 33.5 Å². The van der Waals surface area contributed by atoms with Crippen molar-refractivity contribution in [3.63, 3.8) is 0 Å². The van der Waals surface area contributed by atoms with Crippen molar-refractivity contribution in [1.82, 2.24) is 4.98 Å². The molecule has 0 aliphatic carbocycles. The molecule has 3 aromatic rings. The summed E-state index contributed by atoms with van der Waals surface area (Å²) in [4.78, 5) is 65.1. The molecule has 0 amide bonds. The number of hydrogen-bond donors (Lipinski definition) is 0. The molecule has 1 fully saturated rings. The van der Waals surface area contributed by atoms with E-state index in [1.54, 1.807) is 31.3 Å². The van der Waals surface area contributed by atoms with Crippen LogP contribution in [0.4, 0.5) is 0 Å². The normalized spacial score (nSPS) is 21.7. The summed E-state index contributed by atoms with van der Waals surface area (Å²) in [5.74, 6) is -2.47. The zero-order valence-electron chi connectivity index (χ0n) is 23.5. The van der Waals surface area contributed by atoms with Gasteiger partial charge in [-0.3, -0.25) is 29.0 Å². The number of rotatable bonds is 8. The van der Waals surface area contributed by atoms with Gasteiger partial charge in [0.05, 0.1) is 16.6 Å². The summed E-state index contributed by atoms with van der Waals surface area (Å²) in [6.45, 7) is 5.78. The predicted octanol–water partition coefficient (Wildman–Crippen LogP) is 2.63. The topological polar surface area (TPSA) is 167 Å². The van der Waals surface area contributed by atoms with E-state index < -0.39 is 61.2 Å². The van der Waals surface area contributed by atoms with Crippen LogP contribution in [-0.2, 0) is 42.9 Å². The van der Waals surface area contributed by atoms with Gasteiger partial charge in [0.25, 0.3) is 0 Å². The lowest BCUT2D eigenvalue weighted by atomic mass is 9.98. The highest BCUT2D eigenvalue weighted by Crippen LogP contribution is 2.32. The van der Waals surface area contributed by atoms with Gasteiger partial charge in [0.2, 0.25) is 17.8 Å². The first kappa shape index (κ1) is 30.2. The second-order valence-electron chi connectivity index (χ2n) is 9.42. The van der Waals surface area contributed by atoms with E-state index in [1.165, 1.54) is 25.1 Å². The Balaban J connectivity index is 1.73. The van der Waals surface area contributed by atoms with Crippen molar-refractivity contribution < 1.29 is 52.0 Å². The second kappa shape index (κ2) is 12.8. The van der Waals surface area contributed by atoms with E-state index in [-0.39, 0.29) is 22.1 Å². The van der Waals surface area contributed by atoms with Crippen LogP contribution >= 0.6 is 0 Å². The van der Waals surface area contributed by atoms with E-state index in [9.17, 15) is 24.0 Å². The highest BCUT2D eigenvalue weighted by molar-refractivity contribution is 5.83. The van der Waals surface area contributed by atoms with E-state index in [1.807, 2.05) is 0 Å². The summed E-state index contributed by atoms with van der Waals surface area (Å²) in [5, 5.41) is 0.259. The molecule has 4 rings (SSSR count). The third-order valence-corrected chi connectivity index (χ3v) is 6.16. The number of benzene rings is 1. The molecule has 222 valence electrons. The van der Waals surface area contributed by atoms with Gasteiger partial charge in [-0.25, -0.2) is 0 Å². The second-order valence-corrected chi connectivity index (χ2v) is 9.42. The Bertz CT molecular complexity index is 1550. The van der Waals surface area contributed by atoms with Crippen LogP contribution in [0.3, 0.4) is 0 Å². The number of carbonyl (C=O) groups is 4. The number of pyridine rings is 1. The Hall–Kier alpha value is -4.78. The van der Waals surface area contributed by atoms with Crippen molar-refractivity contribution in [2.45, 2.75) is 65.3 Å². The molecule has 0 spiro atoms. The molecule has 0 radical (unpaired) electrons. The fourth-order valence-corrected chi connectivity index (χ4v) is 4.58. The standard InChI is InChI=1S/C29H29NO12/c1-14-24(21-8-6-7-11-30-21)25(35)20-10-9-19(12-22(20)37-14)41-29-28(40-18(5)34)27(39-17(4)33)26(38-16(3)32)23(42-29)13-36-15(2)31/h6-12,23,26-29H,13H2,1-5H3/t23-,26-,27+,28+,29-/m0/s1. The molecule has 1 aromatic carbocycles. The monoisotopic (exact) mass is 583 g/mol. The Kier molecular flexibility index (Phi) is 9.21. The highest BCUT2D eigenvalue weighted by atomic mass is 16.7. The predicted molar refractivity (Wildman–Crippen MR) is 143 cm³/mol. The minimum absolute atomic E-state index is 0.136. The zero-order chi connectivity index (χ0) is 30.6. The summed E-state index contributed by atoms with van der Waals surface area (Å²) in [7, 11) is 0. The molecular formula is C29H29NO12. The Morgan fingerprint density at radius 1 is 0.857 bits per heavy atom. The minimum Gasteiger partial charge on any atom is -0.463 e. The van der Waals surface area contributed by atoms with Crippen molar-refractivity contribution >= 4 is 34.8 Å². The molecule has 0 bridgehead atoms. The molecule has 1 aliphatic heterocycles. The summed E-state index contributed by atoms with van der Waals surface area (Å²) in [5.41, 5.74) is 0.673. The van der Waals surface area contributed by atoms with Crippen LogP contribution in [0.15, 0.2) is 51.8 Å². The summed E-state index contributed by atoms with van der Waals surface area (Å²) >= 11 is 0. The Morgan fingerprint density at radius 3 is 2.14 bits per heavy atom. The number of aromatic nitrogens is 1. The number of aryl methyl sites for hydroxylation is 1. The fraction of sp³-hybridized carbons (Fsp3) is 0.379. The molecule has 13 heteroatoms. The molecule has 0 unspecified atom stereocenters.